The van der Waals surface area contributed by atoms with Crippen molar-refractivity contribution in [2.45, 2.75) is 69.8 Å². The number of aliphatic hydroxyl groups is 1. The molecule has 1 rings (SSSR count). The van der Waals surface area contributed by atoms with Crippen molar-refractivity contribution in [3.8, 4) is 0 Å². The van der Waals surface area contributed by atoms with Gasteiger partial charge in [-0.3, -0.25) is 0 Å². The summed E-state index contributed by atoms with van der Waals surface area (Å²) < 4.78 is 0. The van der Waals surface area contributed by atoms with Crippen molar-refractivity contribution in [1.29, 1.82) is 0 Å². The summed E-state index contributed by atoms with van der Waals surface area (Å²) in [5.41, 5.74) is -0.429. The van der Waals surface area contributed by atoms with Gasteiger partial charge in [-0.1, -0.05) is 26.7 Å². The molecule has 3 heteroatoms. The molecule has 3 atom stereocenters. The summed E-state index contributed by atoms with van der Waals surface area (Å²) in [6, 6.07) is 0.539. The van der Waals surface area contributed by atoms with Gasteiger partial charge in [-0.15, -0.1) is 0 Å². The number of hydrogen-bond donors (Lipinski definition) is 2. The van der Waals surface area contributed by atoms with E-state index in [9.17, 15) is 5.11 Å². The maximum atomic E-state index is 10.4. The average Bonchev–Trinajstić information content (AvgIpc) is 2.28. The first-order valence-corrected chi connectivity index (χ1v) is 7.74. The summed E-state index contributed by atoms with van der Waals surface area (Å²) in [6.45, 7) is 7.38. The van der Waals surface area contributed by atoms with Crippen LogP contribution in [0.4, 0.5) is 0 Å². The molecule has 0 radical (unpaired) electrons. The molecule has 3 unspecified atom stereocenters. The predicted molar refractivity (Wildman–Crippen MR) is 73.1 cm³/mol. The molecule has 1 aliphatic rings. The van der Waals surface area contributed by atoms with Gasteiger partial charge in [-0.25, -0.2) is 0 Å². The Morgan fingerprint density at radius 1 is 1.50 bits per heavy atom. The summed E-state index contributed by atoms with van der Waals surface area (Å²) >= 11 is 1.90. The van der Waals surface area contributed by atoms with E-state index >= 15 is 0 Å². The fourth-order valence-corrected chi connectivity index (χ4v) is 3.40. The van der Waals surface area contributed by atoms with Crippen LogP contribution in [0.5, 0.6) is 0 Å². The van der Waals surface area contributed by atoms with Crippen molar-refractivity contribution in [2.24, 2.45) is 0 Å². The van der Waals surface area contributed by atoms with Gasteiger partial charge in [0.25, 0.3) is 0 Å². The molecule has 0 aromatic rings. The highest BCUT2D eigenvalue weighted by Gasteiger charge is 2.44. The molecule has 0 spiro atoms. The number of rotatable bonds is 8. The zero-order valence-corrected chi connectivity index (χ0v) is 11.8. The van der Waals surface area contributed by atoms with Crippen LogP contribution in [0.1, 0.15) is 52.9 Å². The Hall–Kier alpha value is 0.270. The standard InChI is InChI=1S/C13H27NOS/c1-4-6-7-11(3)14-10-13(15)9-8-12(13)16-5-2/h11-12,14-15H,4-10H2,1-3H3. The van der Waals surface area contributed by atoms with E-state index in [1.807, 2.05) is 11.8 Å². The minimum absolute atomic E-state index is 0.429. The highest BCUT2D eigenvalue weighted by atomic mass is 32.2. The molecule has 1 fully saturated rings. The van der Waals surface area contributed by atoms with Crippen LogP contribution in [0.3, 0.4) is 0 Å². The minimum Gasteiger partial charge on any atom is -0.387 e. The first-order chi connectivity index (χ1) is 7.62. The third-order valence-electron chi connectivity index (χ3n) is 3.55. The molecule has 0 aromatic heterocycles. The Bertz CT molecular complexity index is 200. The smallest absolute Gasteiger partial charge is 0.0889 e. The Kier molecular flexibility index (Phi) is 6.16. The van der Waals surface area contributed by atoms with Crippen LogP contribution in [0, 0.1) is 0 Å². The fourth-order valence-electron chi connectivity index (χ4n) is 2.20. The van der Waals surface area contributed by atoms with Gasteiger partial charge < -0.3 is 10.4 Å². The van der Waals surface area contributed by atoms with Crippen LogP contribution in [-0.4, -0.2) is 34.3 Å². The molecule has 0 bridgehead atoms. The summed E-state index contributed by atoms with van der Waals surface area (Å²) in [5, 5.41) is 14.3. The summed E-state index contributed by atoms with van der Waals surface area (Å²) in [4.78, 5) is 0. The van der Waals surface area contributed by atoms with Crippen LogP contribution in [0.15, 0.2) is 0 Å². The van der Waals surface area contributed by atoms with Crippen molar-refractivity contribution < 1.29 is 5.11 Å². The van der Waals surface area contributed by atoms with E-state index in [0.717, 1.165) is 18.7 Å². The second kappa shape index (κ2) is 6.87. The monoisotopic (exact) mass is 245 g/mol. The lowest BCUT2D eigenvalue weighted by Crippen LogP contribution is -2.57. The van der Waals surface area contributed by atoms with E-state index < -0.39 is 5.60 Å². The number of nitrogens with one attached hydrogen (secondary N) is 1. The molecule has 0 aromatic carbocycles. The summed E-state index contributed by atoms with van der Waals surface area (Å²) in [6.07, 6.45) is 5.90. The second-order valence-electron chi connectivity index (χ2n) is 5.01. The molecule has 16 heavy (non-hydrogen) atoms. The maximum absolute atomic E-state index is 10.4. The molecule has 2 N–H and O–H groups in total. The Balaban J connectivity index is 2.20. The lowest BCUT2D eigenvalue weighted by Gasteiger charge is -2.45. The normalized spacial score (nSPS) is 31.1. The lowest BCUT2D eigenvalue weighted by atomic mass is 9.79. The third kappa shape index (κ3) is 3.94. The molecule has 0 saturated heterocycles. The molecule has 1 saturated carbocycles. The molecule has 0 aliphatic heterocycles. The van der Waals surface area contributed by atoms with Crippen LogP contribution < -0.4 is 5.32 Å². The number of unbranched alkanes of at least 4 members (excludes halogenated alkanes) is 1. The Labute approximate surface area is 105 Å². The zero-order valence-electron chi connectivity index (χ0n) is 11.0. The third-order valence-corrected chi connectivity index (χ3v) is 4.96. The highest BCUT2D eigenvalue weighted by molar-refractivity contribution is 8.00. The molecule has 2 nitrogen and oxygen atoms in total. The van der Waals surface area contributed by atoms with E-state index in [1.54, 1.807) is 0 Å². The minimum atomic E-state index is -0.429. The lowest BCUT2D eigenvalue weighted by molar-refractivity contribution is -0.0251. The first kappa shape index (κ1) is 14.3. The topological polar surface area (TPSA) is 32.3 Å². The first-order valence-electron chi connectivity index (χ1n) is 6.69. The van der Waals surface area contributed by atoms with E-state index in [2.05, 4.69) is 26.1 Å². The van der Waals surface area contributed by atoms with Gasteiger partial charge in [-0.2, -0.15) is 11.8 Å². The van der Waals surface area contributed by atoms with Crippen LogP contribution in [0.2, 0.25) is 0 Å². The van der Waals surface area contributed by atoms with Gasteiger partial charge in [0.15, 0.2) is 0 Å². The van der Waals surface area contributed by atoms with Crippen LogP contribution in [-0.2, 0) is 0 Å². The van der Waals surface area contributed by atoms with Crippen molar-refractivity contribution in [1.82, 2.24) is 5.32 Å². The molecule has 0 amide bonds. The van der Waals surface area contributed by atoms with E-state index in [1.165, 1.54) is 25.7 Å². The van der Waals surface area contributed by atoms with E-state index in [-0.39, 0.29) is 0 Å². The largest absolute Gasteiger partial charge is 0.387 e. The van der Waals surface area contributed by atoms with Crippen molar-refractivity contribution in [3.63, 3.8) is 0 Å². The quantitative estimate of drug-likeness (QED) is 0.690. The van der Waals surface area contributed by atoms with Gasteiger partial charge in [0.1, 0.15) is 0 Å². The molecule has 96 valence electrons. The van der Waals surface area contributed by atoms with Crippen molar-refractivity contribution >= 4 is 11.8 Å². The Morgan fingerprint density at radius 2 is 2.25 bits per heavy atom. The van der Waals surface area contributed by atoms with Gasteiger partial charge in [0.05, 0.1) is 5.60 Å². The number of hydrogen-bond acceptors (Lipinski definition) is 3. The second-order valence-corrected chi connectivity index (χ2v) is 6.49. The van der Waals surface area contributed by atoms with E-state index in [0.29, 0.717) is 11.3 Å². The average molecular weight is 245 g/mol. The molecule has 1 aliphatic carbocycles. The van der Waals surface area contributed by atoms with Crippen molar-refractivity contribution in [3.05, 3.63) is 0 Å². The van der Waals surface area contributed by atoms with Gasteiger partial charge in [0.2, 0.25) is 0 Å². The molecular weight excluding hydrogens is 218 g/mol. The van der Waals surface area contributed by atoms with Crippen LogP contribution in [0.25, 0.3) is 0 Å². The van der Waals surface area contributed by atoms with E-state index in [4.69, 9.17) is 0 Å². The summed E-state index contributed by atoms with van der Waals surface area (Å²) in [5.74, 6) is 1.11. The van der Waals surface area contributed by atoms with Crippen molar-refractivity contribution in [2.75, 3.05) is 12.3 Å². The fraction of sp³-hybridized carbons (Fsp3) is 1.00. The Morgan fingerprint density at radius 3 is 2.75 bits per heavy atom. The zero-order chi connectivity index (χ0) is 12.0. The molecule has 0 heterocycles. The number of thioether (sulfide) groups is 1. The van der Waals surface area contributed by atoms with Gasteiger partial charge in [0, 0.05) is 17.8 Å². The highest BCUT2D eigenvalue weighted by Crippen LogP contribution is 2.40. The summed E-state index contributed by atoms with van der Waals surface area (Å²) in [7, 11) is 0. The SMILES string of the molecule is CCCCC(C)NCC1(O)CCC1SCC. The molecular formula is C13H27NOS. The predicted octanol–water partition coefficient (Wildman–Crippen LogP) is 2.80. The van der Waals surface area contributed by atoms with Crippen LogP contribution >= 0.6 is 11.8 Å². The van der Waals surface area contributed by atoms with Gasteiger partial charge in [-0.05, 0) is 31.9 Å². The van der Waals surface area contributed by atoms with Gasteiger partial charge >= 0.3 is 0 Å². The maximum Gasteiger partial charge on any atom is 0.0889 e.